The van der Waals surface area contributed by atoms with E-state index in [1.165, 1.54) is 11.4 Å². The Bertz CT molecular complexity index is 394. The van der Waals surface area contributed by atoms with Crippen LogP contribution >= 0.6 is 0 Å². The van der Waals surface area contributed by atoms with Crippen LogP contribution in [0.25, 0.3) is 0 Å². The predicted octanol–water partition coefficient (Wildman–Crippen LogP) is -0.894. The minimum Gasteiger partial charge on any atom is -0.469 e. The number of methoxy groups -OCH3 is 1. The molecule has 0 atom stereocenters. The van der Waals surface area contributed by atoms with Crippen molar-refractivity contribution in [1.82, 2.24) is 14.5 Å². The topological polar surface area (TPSA) is 79.0 Å². The van der Waals surface area contributed by atoms with Crippen molar-refractivity contribution in [2.24, 2.45) is 0 Å². The molecule has 1 heterocycles. The molecule has 1 aliphatic heterocycles. The van der Waals surface area contributed by atoms with Gasteiger partial charge in [0, 0.05) is 52.7 Å². The van der Waals surface area contributed by atoms with E-state index in [0.29, 0.717) is 13.0 Å². The standard InChI is InChI=1S/C12H25N3O4S/c1-14(9-10-15-7-5-13-6-8-15)20(17,18)11-3-4-12(16)19-2/h13H,3-11H2,1-2H3. The lowest BCUT2D eigenvalue weighted by Crippen LogP contribution is -2.46. The zero-order valence-electron chi connectivity index (χ0n) is 12.3. The van der Waals surface area contributed by atoms with Crippen molar-refractivity contribution in [2.75, 3.05) is 59.2 Å². The van der Waals surface area contributed by atoms with Crippen molar-refractivity contribution >= 4 is 16.0 Å². The maximum Gasteiger partial charge on any atom is 0.305 e. The molecule has 20 heavy (non-hydrogen) atoms. The molecule has 0 aromatic carbocycles. The van der Waals surface area contributed by atoms with Gasteiger partial charge in [-0.25, -0.2) is 12.7 Å². The number of sulfonamides is 1. The second kappa shape index (κ2) is 8.56. The molecule has 8 heteroatoms. The average Bonchev–Trinajstić information content (AvgIpc) is 2.45. The summed E-state index contributed by atoms with van der Waals surface area (Å²) >= 11 is 0. The van der Waals surface area contributed by atoms with Gasteiger partial charge in [0.25, 0.3) is 0 Å². The summed E-state index contributed by atoms with van der Waals surface area (Å²) in [6.07, 6.45) is 0.439. The second-order valence-corrected chi connectivity index (χ2v) is 7.10. The monoisotopic (exact) mass is 307 g/mol. The van der Waals surface area contributed by atoms with Crippen molar-refractivity contribution in [1.29, 1.82) is 0 Å². The van der Waals surface area contributed by atoms with Gasteiger partial charge in [0.1, 0.15) is 0 Å². The highest BCUT2D eigenvalue weighted by Gasteiger charge is 2.19. The number of carbonyl (C=O) groups is 1. The van der Waals surface area contributed by atoms with Crippen LogP contribution in [0.4, 0.5) is 0 Å². The van der Waals surface area contributed by atoms with Crippen molar-refractivity contribution in [3.63, 3.8) is 0 Å². The minimum absolute atomic E-state index is 0.0137. The number of nitrogens with one attached hydrogen (secondary N) is 1. The lowest BCUT2D eigenvalue weighted by atomic mass is 10.3. The lowest BCUT2D eigenvalue weighted by Gasteiger charge is -2.28. The zero-order valence-corrected chi connectivity index (χ0v) is 13.1. The molecule has 0 unspecified atom stereocenters. The molecule has 0 aromatic rings. The molecule has 0 amide bonds. The summed E-state index contributed by atoms with van der Waals surface area (Å²) in [7, 11) is -0.387. The Labute approximate surface area is 121 Å². The maximum absolute atomic E-state index is 12.0. The number of esters is 1. The molecule has 0 saturated carbocycles. The van der Waals surface area contributed by atoms with Gasteiger partial charge in [-0.1, -0.05) is 0 Å². The van der Waals surface area contributed by atoms with E-state index in [4.69, 9.17) is 0 Å². The first-order valence-corrected chi connectivity index (χ1v) is 8.50. The number of ether oxygens (including phenoxy) is 1. The van der Waals surface area contributed by atoms with E-state index >= 15 is 0 Å². The third kappa shape index (κ3) is 6.17. The van der Waals surface area contributed by atoms with E-state index in [9.17, 15) is 13.2 Å². The van der Waals surface area contributed by atoms with Gasteiger partial charge in [-0.2, -0.15) is 0 Å². The van der Waals surface area contributed by atoms with E-state index in [0.717, 1.165) is 32.7 Å². The molecular weight excluding hydrogens is 282 g/mol. The van der Waals surface area contributed by atoms with Crippen LogP contribution in [0, 0.1) is 0 Å². The number of piperazine rings is 1. The number of likely N-dealkylation sites (N-methyl/N-ethyl adjacent to an activating group) is 1. The van der Waals surface area contributed by atoms with E-state index in [-0.39, 0.29) is 18.1 Å². The molecule has 0 radical (unpaired) electrons. The van der Waals surface area contributed by atoms with Crippen LogP contribution in [0.1, 0.15) is 12.8 Å². The minimum atomic E-state index is -3.28. The summed E-state index contributed by atoms with van der Waals surface area (Å²) in [5, 5.41) is 3.26. The third-order valence-corrected chi connectivity index (χ3v) is 5.36. The SMILES string of the molecule is COC(=O)CCCS(=O)(=O)N(C)CCN1CCNCC1. The fraction of sp³-hybridized carbons (Fsp3) is 0.917. The van der Waals surface area contributed by atoms with Crippen molar-refractivity contribution in [2.45, 2.75) is 12.8 Å². The molecule has 1 N–H and O–H groups in total. The Kier molecular flexibility index (Phi) is 7.42. The van der Waals surface area contributed by atoms with Gasteiger partial charge >= 0.3 is 5.97 Å². The smallest absolute Gasteiger partial charge is 0.305 e. The fourth-order valence-electron chi connectivity index (χ4n) is 2.01. The highest BCUT2D eigenvalue weighted by atomic mass is 32.2. The van der Waals surface area contributed by atoms with Gasteiger partial charge in [-0.3, -0.25) is 9.69 Å². The number of hydrogen-bond donors (Lipinski definition) is 1. The van der Waals surface area contributed by atoms with Crippen LogP contribution in [0.15, 0.2) is 0 Å². The van der Waals surface area contributed by atoms with Gasteiger partial charge in [0.2, 0.25) is 10.0 Å². The zero-order chi connectivity index (χ0) is 15.0. The molecule has 1 saturated heterocycles. The normalized spacial score (nSPS) is 17.4. The summed E-state index contributed by atoms with van der Waals surface area (Å²) in [6, 6.07) is 0. The number of nitrogens with zero attached hydrogens (tertiary/aromatic N) is 2. The highest BCUT2D eigenvalue weighted by Crippen LogP contribution is 2.04. The van der Waals surface area contributed by atoms with Crippen molar-refractivity contribution in [3.05, 3.63) is 0 Å². The summed E-state index contributed by atoms with van der Waals surface area (Å²) in [6.45, 7) is 5.05. The van der Waals surface area contributed by atoms with Gasteiger partial charge in [-0.05, 0) is 6.42 Å². The molecule has 118 valence electrons. The third-order valence-electron chi connectivity index (χ3n) is 3.43. The molecular formula is C12H25N3O4S. The summed E-state index contributed by atoms with van der Waals surface area (Å²) < 4.78 is 29.9. The first-order chi connectivity index (χ1) is 9.45. The van der Waals surface area contributed by atoms with Crippen LogP contribution < -0.4 is 5.32 Å². The summed E-state index contributed by atoms with van der Waals surface area (Å²) in [4.78, 5) is 13.2. The molecule has 0 bridgehead atoms. The van der Waals surface area contributed by atoms with Crippen LogP contribution in [0.2, 0.25) is 0 Å². The van der Waals surface area contributed by atoms with E-state index in [1.807, 2.05) is 0 Å². The van der Waals surface area contributed by atoms with Crippen molar-refractivity contribution in [3.8, 4) is 0 Å². The van der Waals surface area contributed by atoms with Gasteiger partial charge in [0.15, 0.2) is 0 Å². The maximum atomic E-state index is 12.0. The van der Waals surface area contributed by atoms with Crippen LogP contribution in [-0.2, 0) is 19.6 Å². The summed E-state index contributed by atoms with van der Waals surface area (Å²) in [5.74, 6) is -0.385. The summed E-state index contributed by atoms with van der Waals surface area (Å²) in [5.41, 5.74) is 0. The van der Waals surface area contributed by atoms with Gasteiger partial charge in [0.05, 0.1) is 12.9 Å². The first-order valence-electron chi connectivity index (χ1n) is 6.89. The largest absolute Gasteiger partial charge is 0.469 e. The Morgan fingerprint density at radius 2 is 2.00 bits per heavy atom. The van der Waals surface area contributed by atoms with Crippen LogP contribution in [-0.4, -0.2) is 82.8 Å². The lowest BCUT2D eigenvalue weighted by molar-refractivity contribution is -0.140. The molecule has 1 rings (SSSR count). The molecule has 0 spiro atoms. The number of carbonyl (C=O) groups excluding carboxylic acids is 1. The fourth-order valence-corrected chi connectivity index (χ4v) is 3.19. The highest BCUT2D eigenvalue weighted by molar-refractivity contribution is 7.89. The predicted molar refractivity (Wildman–Crippen MR) is 77.0 cm³/mol. The Morgan fingerprint density at radius 3 is 2.60 bits per heavy atom. The van der Waals surface area contributed by atoms with E-state index in [1.54, 1.807) is 7.05 Å². The van der Waals surface area contributed by atoms with Crippen molar-refractivity contribution < 1.29 is 17.9 Å². The molecule has 1 aliphatic rings. The average molecular weight is 307 g/mol. The number of rotatable bonds is 8. The van der Waals surface area contributed by atoms with Crippen LogP contribution in [0.5, 0.6) is 0 Å². The Balaban J connectivity index is 2.28. The molecule has 0 aliphatic carbocycles. The molecule has 1 fully saturated rings. The molecule has 0 aromatic heterocycles. The van der Waals surface area contributed by atoms with E-state index < -0.39 is 10.0 Å². The number of hydrogen-bond acceptors (Lipinski definition) is 6. The quantitative estimate of drug-likeness (QED) is 0.586. The van der Waals surface area contributed by atoms with Crippen LogP contribution in [0.3, 0.4) is 0 Å². The Hall–Kier alpha value is -0.700. The molecule has 7 nitrogen and oxygen atoms in total. The Morgan fingerprint density at radius 1 is 1.35 bits per heavy atom. The second-order valence-electron chi connectivity index (χ2n) is 4.91. The van der Waals surface area contributed by atoms with E-state index in [2.05, 4.69) is 15.0 Å². The van der Waals surface area contributed by atoms with Gasteiger partial charge in [-0.15, -0.1) is 0 Å². The first kappa shape index (κ1) is 17.4. The van der Waals surface area contributed by atoms with Gasteiger partial charge < -0.3 is 10.1 Å².